The fraction of sp³-hybridized carbons (Fsp3) is 0.458. The average Bonchev–Trinajstić information content (AvgIpc) is 2.76. The minimum atomic E-state index is -0.0268. The predicted octanol–water partition coefficient (Wildman–Crippen LogP) is 3.52. The average molecular weight is 410 g/mol. The van der Waals surface area contributed by atoms with Gasteiger partial charge in [0.2, 0.25) is 5.91 Å². The number of carbonyl (C=O) groups excluding carboxylic acids is 2. The number of pyridine rings is 1. The maximum absolute atomic E-state index is 12.5. The molecule has 1 aromatic carbocycles. The molecule has 1 aliphatic rings. The summed E-state index contributed by atoms with van der Waals surface area (Å²) in [5.41, 5.74) is 1.98. The lowest BCUT2D eigenvalue weighted by Gasteiger charge is -2.34. The van der Waals surface area contributed by atoms with E-state index in [0.29, 0.717) is 51.2 Å². The number of hydrogen-bond acceptors (Lipinski definition) is 4. The molecule has 2 aromatic rings. The van der Waals surface area contributed by atoms with Crippen molar-refractivity contribution in [1.82, 2.24) is 14.8 Å². The molecule has 0 radical (unpaired) electrons. The highest BCUT2D eigenvalue weighted by molar-refractivity contribution is 5.94. The minimum absolute atomic E-state index is 0.0268. The van der Waals surface area contributed by atoms with E-state index in [1.54, 1.807) is 29.4 Å². The Morgan fingerprint density at radius 1 is 1.00 bits per heavy atom. The van der Waals surface area contributed by atoms with E-state index in [1.165, 1.54) is 5.56 Å². The molecule has 0 unspecified atom stereocenters. The Labute approximate surface area is 178 Å². The molecule has 0 atom stereocenters. The molecule has 30 heavy (non-hydrogen) atoms. The summed E-state index contributed by atoms with van der Waals surface area (Å²) in [7, 11) is 0. The molecule has 0 N–H and O–H groups in total. The molecule has 0 bridgehead atoms. The van der Waals surface area contributed by atoms with Gasteiger partial charge in [-0.2, -0.15) is 0 Å². The summed E-state index contributed by atoms with van der Waals surface area (Å²) in [5.74, 6) is 0.925. The summed E-state index contributed by atoms with van der Waals surface area (Å²) < 4.78 is 5.78. The van der Waals surface area contributed by atoms with Gasteiger partial charge in [-0.05, 0) is 41.7 Å². The third-order valence-corrected chi connectivity index (χ3v) is 5.35. The third kappa shape index (κ3) is 5.81. The van der Waals surface area contributed by atoms with Crippen LogP contribution in [-0.2, 0) is 10.2 Å². The van der Waals surface area contributed by atoms with Crippen LogP contribution in [0, 0.1) is 0 Å². The van der Waals surface area contributed by atoms with E-state index in [1.807, 2.05) is 17.0 Å². The maximum atomic E-state index is 12.5. The SMILES string of the molecule is CC(C)(C)c1ccc(OCCCC(=O)N2CCN(C(=O)c3cccnc3)CC2)cc1. The molecule has 2 amide bonds. The van der Waals surface area contributed by atoms with E-state index in [9.17, 15) is 9.59 Å². The van der Waals surface area contributed by atoms with Gasteiger partial charge < -0.3 is 14.5 Å². The zero-order valence-corrected chi connectivity index (χ0v) is 18.1. The second-order valence-electron chi connectivity index (χ2n) is 8.64. The van der Waals surface area contributed by atoms with Gasteiger partial charge in [0.15, 0.2) is 0 Å². The highest BCUT2D eigenvalue weighted by Crippen LogP contribution is 2.24. The standard InChI is InChI=1S/C24H31N3O3/c1-24(2,3)20-8-10-21(11-9-20)30-17-5-7-22(28)26-13-15-27(16-14-26)23(29)19-6-4-12-25-18-19/h4,6,8-12,18H,5,7,13-17H2,1-3H3. The zero-order chi connectivity index (χ0) is 21.6. The molecule has 2 heterocycles. The summed E-state index contributed by atoms with van der Waals surface area (Å²) in [6.45, 7) is 9.31. The van der Waals surface area contributed by atoms with Crippen LogP contribution in [0.25, 0.3) is 0 Å². The van der Waals surface area contributed by atoms with Crippen LogP contribution >= 0.6 is 0 Å². The van der Waals surface area contributed by atoms with E-state index < -0.39 is 0 Å². The van der Waals surface area contributed by atoms with Crippen LogP contribution in [0.15, 0.2) is 48.8 Å². The van der Waals surface area contributed by atoms with Crippen LogP contribution in [-0.4, -0.2) is 59.4 Å². The normalized spacial score (nSPS) is 14.5. The first-order chi connectivity index (χ1) is 14.3. The molecule has 1 saturated heterocycles. The Hall–Kier alpha value is -2.89. The molecule has 1 aliphatic heterocycles. The number of piperazine rings is 1. The van der Waals surface area contributed by atoms with Crippen LogP contribution in [0.5, 0.6) is 5.75 Å². The van der Waals surface area contributed by atoms with Gasteiger partial charge in [-0.3, -0.25) is 14.6 Å². The second-order valence-corrected chi connectivity index (χ2v) is 8.64. The molecule has 0 aliphatic carbocycles. The van der Waals surface area contributed by atoms with Gasteiger partial charge in [-0.25, -0.2) is 0 Å². The topological polar surface area (TPSA) is 62.7 Å². The maximum Gasteiger partial charge on any atom is 0.255 e. The van der Waals surface area contributed by atoms with Gasteiger partial charge in [0.05, 0.1) is 12.2 Å². The molecule has 3 rings (SSSR count). The van der Waals surface area contributed by atoms with E-state index in [0.717, 1.165) is 5.75 Å². The number of aromatic nitrogens is 1. The zero-order valence-electron chi connectivity index (χ0n) is 18.1. The number of nitrogens with zero attached hydrogens (tertiary/aromatic N) is 3. The fourth-order valence-corrected chi connectivity index (χ4v) is 3.45. The lowest BCUT2D eigenvalue weighted by Crippen LogP contribution is -2.50. The summed E-state index contributed by atoms with van der Waals surface area (Å²) in [5, 5.41) is 0. The van der Waals surface area contributed by atoms with Gasteiger partial charge >= 0.3 is 0 Å². The first kappa shape index (κ1) is 21.8. The van der Waals surface area contributed by atoms with Gasteiger partial charge in [0.1, 0.15) is 5.75 Å². The Morgan fingerprint density at radius 2 is 1.67 bits per heavy atom. The Morgan fingerprint density at radius 3 is 2.27 bits per heavy atom. The lowest BCUT2D eigenvalue weighted by molar-refractivity contribution is -0.132. The molecule has 6 nitrogen and oxygen atoms in total. The van der Waals surface area contributed by atoms with Gasteiger partial charge in [0, 0.05) is 45.0 Å². The first-order valence-electron chi connectivity index (χ1n) is 10.5. The highest BCUT2D eigenvalue weighted by Gasteiger charge is 2.24. The molecule has 1 aromatic heterocycles. The van der Waals surface area contributed by atoms with E-state index in [2.05, 4.69) is 37.9 Å². The molecule has 160 valence electrons. The lowest BCUT2D eigenvalue weighted by atomic mass is 9.87. The van der Waals surface area contributed by atoms with Crippen molar-refractivity contribution in [2.24, 2.45) is 0 Å². The second kappa shape index (κ2) is 9.74. The monoisotopic (exact) mass is 409 g/mol. The van der Waals surface area contributed by atoms with Crippen molar-refractivity contribution in [3.63, 3.8) is 0 Å². The van der Waals surface area contributed by atoms with Gasteiger partial charge in [-0.15, -0.1) is 0 Å². The number of amides is 2. The van der Waals surface area contributed by atoms with E-state index in [4.69, 9.17) is 4.74 Å². The minimum Gasteiger partial charge on any atom is -0.494 e. The van der Waals surface area contributed by atoms with E-state index >= 15 is 0 Å². The van der Waals surface area contributed by atoms with Crippen molar-refractivity contribution < 1.29 is 14.3 Å². The van der Waals surface area contributed by atoms with Gasteiger partial charge in [-0.1, -0.05) is 32.9 Å². The third-order valence-electron chi connectivity index (χ3n) is 5.35. The van der Waals surface area contributed by atoms with E-state index in [-0.39, 0.29) is 17.2 Å². The Kier molecular flexibility index (Phi) is 7.08. The largest absolute Gasteiger partial charge is 0.494 e. The molecule has 0 spiro atoms. The van der Waals surface area contributed by atoms with Crippen LogP contribution in [0.4, 0.5) is 0 Å². The van der Waals surface area contributed by atoms with Crippen molar-refractivity contribution in [2.45, 2.75) is 39.0 Å². The predicted molar refractivity (Wildman–Crippen MR) is 117 cm³/mol. The number of benzene rings is 1. The molecule has 6 heteroatoms. The fourth-order valence-electron chi connectivity index (χ4n) is 3.45. The molecule has 1 fully saturated rings. The van der Waals surface area contributed by atoms with Crippen LogP contribution in [0.1, 0.15) is 49.5 Å². The Balaban J connectivity index is 1.36. The van der Waals surface area contributed by atoms with Crippen LogP contribution < -0.4 is 4.74 Å². The molecule has 0 saturated carbocycles. The number of rotatable bonds is 6. The summed E-state index contributed by atoms with van der Waals surface area (Å²) in [4.78, 5) is 32.6. The Bertz CT molecular complexity index is 836. The van der Waals surface area contributed by atoms with Crippen LogP contribution in [0.2, 0.25) is 0 Å². The number of hydrogen-bond donors (Lipinski definition) is 0. The van der Waals surface area contributed by atoms with Crippen molar-refractivity contribution >= 4 is 11.8 Å². The summed E-state index contributed by atoms with van der Waals surface area (Å²) >= 11 is 0. The van der Waals surface area contributed by atoms with Crippen LogP contribution in [0.3, 0.4) is 0 Å². The molecular formula is C24H31N3O3. The van der Waals surface area contributed by atoms with Crippen molar-refractivity contribution in [1.29, 1.82) is 0 Å². The molecular weight excluding hydrogens is 378 g/mol. The highest BCUT2D eigenvalue weighted by atomic mass is 16.5. The number of ether oxygens (including phenoxy) is 1. The van der Waals surface area contributed by atoms with Gasteiger partial charge in [0.25, 0.3) is 5.91 Å². The summed E-state index contributed by atoms with van der Waals surface area (Å²) in [6, 6.07) is 11.7. The summed E-state index contributed by atoms with van der Waals surface area (Å²) in [6.07, 6.45) is 4.36. The van der Waals surface area contributed by atoms with Crippen molar-refractivity contribution in [2.75, 3.05) is 32.8 Å². The smallest absolute Gasteiger partial charge is 0.255 e. The quantitative estimate of drug-likeness (QED) is 0.685. The van der Waals surface area contributed by atoms with Crippen molar-refractivity contribution in [3.05, 3.63) is 59.9 Å². The van der Waals surface area contributed by atoms with Crippen molar-refractivity contribution in [3.8, 4) is 5.75 Å². The number of carbonyl (C=O) groups is 2. The first-order valence-corrected chi connectivity index (χ1v) is 10.5.